The minimum atomic E-state index is 0.568. The smallest absolute Gasteiger partial charge is 0.163 e. The predicted molar refractivity (Wildman–Crippen MR) is 106 cm³/mol. The van der Waals surface area contributed by atoms with Gasteiger partial charge in [-0.15, -0.1) is 0 Å². The van der Waals surface area contributed by atoms with E-state index in [-0.39, 0.29) is 0 Å². The van der Waals surface area contributed by atoms with E-state index in [2.05, 4.69) is 15.3 Å². The third-order valence-electron chi connectivity index (χ3n) is 4.06. The van der Waals surface area contributed by atoms with Crippen molar-refractivity contribution in [3.63, 3.8) is 0 Å². The average molecular weight is 357 g/mol. The summed E-state index contributed by atoms with van der Waals surface area (Å²) in [7, 11) is 0. The van der Waals surface area contributed by atoms with Gasteiger partial charge in [0.25, 0.3) is 0 Å². The van der Waals surface area contributed by atoms with Crippen LogP contribution in [-0.4, -0.2) is 26.5 Å². The van der Waals surface area contributed by atoms with Gasteiger partial charge in [0, 0.05) is 29.5 Å². The third-order valence-corrected chi connectivity index (χ3v) is 4.06. The Morgan fingerprint density at radius 3 is 2.74 bits per heavy atom. The Hall–Kier alpha value is -3.54. The van der Waals surface area contributed by atoms with E-state index in [4.69, 9.17) is 14.7 Å². The van der Waals surface area contributed by atoms with Crippen LogP contribution in [0.1, 0.15) is 12.6 Å². The Morgan fingerprint density at radius 2 is 1.96 bits per heavy atom. The first-order valence-corrected chi connectivity index (χ1v) is 8.82. The highest BCUT2D eigenvalue weighted by Crippen LogP contribution is 2.28. The van der Waals surface area contributed by atoms with E-state index in [0.29, 0.717) is 19.0 Å². The van der Waals surface area contributed by atoms with Crippen LogP contribution in [-0.2, 0) is 6.54 Å². The minimum Gasteiger partial charge on any atom is -0.494 e. The van der Waals surface area contributed by atoms with Crippen LogP contribution in [0.2, 0.25) is 0 Å². The summed E-state index contributed by atoms with van der Waals surface area (Å²) in [5, 5.41) is 4.30. The molecule has 0 saturated carbocycles. The fourth-order valence-electron chi connectivity index (χ4n) is 2.80. The Bertz CT molecular complexity index is 1040. The van der Waals surface area contributed by atoms with Crippen LogP contribution in [0.4, 0.5) is 5.82 Å². The van der Waals surface area contributed by atoms with Crippen LogP contribution < -0.4 is 10.1 Å². The van der Waals surface area contributed by atoms with Crippen LogP contribution >= 0.6 is 0 Å². The Balaban J connectivity index is 1.77. The zero-order valence-corrected chi connectivity index (χ0v) is 15.0. The lowest BCUT2D eigenvalue weighted by Crippen LogP contribution is -2.05. The second-order valence-corrected chi connectivity index (χ2v) is 5.92. The number of ether oxygens (including phenoxy) is 1. The molecule has 0 amide bonds. The zero-order chi connectivity index (χ0) is 18.5. The molecule has 1 aromatic carbocycles. The molecule has 0 aliphatic carbocycles. The monoisotopic (exact) mass is 357 g/mol. The average Bonchev–Trinajstić information content (AvgIpc) is 2.73. The van der Waals surface area contributed by atoms with Gasteiger partial charge in [-0.25, -0.2) is 9.97 Å². The van der Waals surface area contributed by atoms with Gasteiger partial charge in [-0.3, -0.25) is 9.97 Å². The fraction of sp³-hybridized carbons (Fsp3) is 0.143. The van der Waals surface area contributed by atoms with Gasteiger partial charge in [0.05, 0.1) is 24.4 Å². The molecule has 0 radical (unpaired) electrons. The molecular formula is C21H19N5O. The van der Waals surface area contributed by atoms with E-state index < -0.39 is 0 Å². The van der Waals surface area contributed by atoms with Crippen LogP contribution in [0.5, 0.6) is 5.75 Å². The Morgan fingerprint density at radius 1 is 1.00 bits per heavy atom. The molecule has 3 aromatic heterocycles. The molecule has 0 aliphatic rings. The number of aromatic nitrogens is 4. The maximum atomic E-state index is 5.64. The Kier molecular flexibility index (Phi) is 4.87. The molecular weight excluding hydrogens is 338 g/mol. The molecule has 1 N–H and O–H groups in total. The molecule has 0 unspecified atom stereocenters. The van der Waals surface area contributed by atoms with E-state index >= 15 is 0 Å². The number of hydrogen-bond acceptors (Lipinski definition) is 6. The van der Waals surface area contributed by atoms with E-state index in [1.807, 2.05) is 55.5 Å². The molecule has 0 saturated heterocycles. The van der Waals surface area contributed by atoms with Gasteiger partial charge in [-0.1, -0.05) is 6.07 Å². The van der Waals surface area contributed by atoms with Crippen LogP contribution in [0.3, 0.4) is 0 Å². The molecule has 0 fully saturated rings. The number of nitrogens with zero attached hydrogens (tertiary/aromatic N) is 4. The van der Waals surface area contributed by atoms with Gasteiger partial charge in [0.15, 0.2) is 5.82 Å². The summed E-state index contributed by atoms with van der Waals surface area (Å²) in [6.07, 6.45) is 5.28. The first-order valence-electron chi connectivity index (χ1n) is 8.82. The molecule has 134 valence electrons. The topological polar surface area (TPSA) is 72.8 Å². The van der Waals surface area contributed by atoms with Crippen molar-refractivity contribution in [2.75, 3.05) is 11.9 Å². The quantitative estimate of drug-likeness (QED) is 0.560. The van der Waals surface area contributed by atoms with Crippen molar-refractivity contribution in [2.24, 2.45) is 0 Å². The number of anilines is 1. The molecule has 3 heterocycles. The molecule has 0 atom stereocenters. The van der Waals surface area contributed by atoms with Crippen molar-refractivity contribution in [1.29, 1.82) is 0 Å². The van der Waals surface area contributed by atoms with Crippen molar-refractivity contribution in [2.45, 2.75) is 13.5 Å². The van der Waals surface area contributed by atoms with E-state index in [0.717, 1.165) is 33.7 Å². The second-order valence-electron chi connectivity index (χ2n) is 5.92. The Labute approximate surface area is 157 Å². The highest BCUT2D eigenvalue weighted by atomic mass is 16.5. The van der Waals surface area contributed by atoms with Crippen LogP contribution in [0, 0.1) is 0 Å². The number of fused-ring (bicyclic) bond motifs is 1. The van der Waals surface area contributed by atoms with Crippen molar-refractivity contribution < 1.29 is 4.74 Å². The van der Waals surface area contributed by atoms with Crippen LogP contribution in [0.15, 0.2) is 67.1 Å². The summed E-state index contributed by atoms with van der Waals surface area (Å²) in [5.41, 5.74) is 2.65. The fourth-order valence-corrected chi connectivity index (χ4v) is 2.80. The van der Waals surface area contributed by atoms with E-state index in [1.165, 1.54) is 0 Å². The van der Waals surface area contributed by atoms with Gasteiger partial charge in [0.1, 0.15) is 11.6 Å². The number of pyridine rings is 2. The lowest BCUT2D eigenvalue weighted by molar-refractivity contribution is 0.340. The molecule has 6 heteroatoms. The lowest BCUT2D eigenvalue weighted by Gasteiger charge is -2.12. The lowest BCUT2D eigenvalue weighted by atomic mass is 10.2. The molecule has 4 aromatic rings. The van der Waals surface area contributed by atoms with Crippen molar-refractivity contribution in [1.82, 2.24) is 19.9 Å². The number of hydrogen-bond donors (Lipinski definition) is 1. The maximum Gasteiger partial charge on any atom is 0.163 e. The summed E-state index contributed by atoms with van der Waals surface area (Å²) < 4.78 is 5.64. The minimum absolute atomic E-state index is 0.568. The summed E-state index contributed by atoms with van der Waals surface area (Å²) in [6, 6.07) is 15.5. The largest absolute Gasteiger partial charge is 0.494 e. The zero-order valence-electron chi connectivity index (χ0n) is 15.0. The third kappa shape index (κ3) is 3.84. The molecule has 0 bridgehead atoms. The SMILES string of the molecule is CCOc1ccc2nc(-c3cccnc3)nc(NCc3ccccn3)c2c1. The normalized spacial score (nSPS) is 10.7. The first-order chi connectivity index (χ1) is 13.3. The molecule has 27 heavy (non-hydrogen) atoms. The summed E-state index contributed by atoms with van der Waals surface area (Å²) in [6.45, 7) is 3.14. The highest BCUT2D eigenvalue weighted by molar-refractivity contribution is 5.91. The molecule has 0 aliphatic heterocycles. The van der Waals surface area contributed by atoms with Crippen molar-refractivity contribution in [3.05, 3.63) is 72.8 Å². The number of benzene rings is 1. The van der Waals surface area contributed by atoms with Gasteiger partial charge < -0.3 is 10.1 Å². The van der Waals surface area contributed by atoms with Gasteiger partial charge in [-0.05, 0) is 49.4 Å². The molecule has 6 nitrogen and oxygen atoms in total. The van der Waals surface area contributed by atoms with Crippen molar-refractivity contribution in [3.8, 4) is 17.1 Å². The highest BCUT2D eigenvalue weighted by Gasteiger charge is 2.11. The van der Waals surface area contributed by atoms with Gasteiger partial charge in [-0.2, -0.15) is 0 Å². The molecule has 4 rings (SSSR count). The number of nitrogens with one attached hydrogen (secondary N) is 1. The second kappa shape index (κ2) is 7.78. The van der Waals surface area contributed by atoms with Crippen molar-refractivity contribution >= 4 is 16.7 Å². The summed E-state index contributed by atoms with van der Waals surface area (Å²) in [5.74, 6) is 2.16. The number of rotatable bonds is 6. The molecule has 0 spiro atoms. The predicted octanol–water partition coefficient (Wildman–Crippen LogP) is 4.10. The van der Waals surface area contributed by atoms with E-state index in [9.17, 15) is 0 Å². The standard InChI is InChI=1S/C21H19N5O/c1-2-27-17-8-9-19-18(12-17)21(24-14-16-7-3-4-11-23-16)26-20(25-19)15-6-5-10-22-13-15/h3-13H,2,14H2,1H3,(H,24,25,26). The summed E-state index contributed by atoms with van der Waals surface area (Å²) in [4.78, 5) is 18.0. The van der Waals surface area contributed by atoms with E-state index in [1.54, 1.807) is 18.6 Å². The van der Waals surface area contributed by atoms with Gasteiger partial charge >= 0.3 is 0 Å². The first kappa shape index (κ1) is 16.9. The maximum absolute atomic E-state index is 5.64. The van der Waals surface area contributed by atoms with Crippen LogP contribution in [0.25, 0.3) is 22.3 Å². The van der Waals surface area contributed by atoms with Gasteiger partial charge in [0.2, 0.25) is 0 Å². The summed E-state index contributed by atoms with van der Waals surface area (Å²) >= 11 is 0.